The molecule has 0 atom stereocenters. The molecule has 0 amide bonds. The molecule has 1 aromatic rings. The highest BCUT2D eigenvalue weighted by Gasteiger charge is 1.94. The van der Waals surface area contributed by atoms with Crippen molar-refractivity contribution in [2.75, 3.05) is 45.9 Å². The van der Waals surface area contributed by atoms with Crippen LogP contribution >= 0.6 is 0 Å². The average Bonchev–Trinajstić information content (AvgIpc) is 2.73. The molecule has 0 aliphatic carbocycles. The van der Waals surface area contributed by atoms with Crippen LogP contribution in [0.25, 0.3) is 0 Å². The number of nitrogens with two attached hydrogens (primary N) is 1. The predicted octanol–water partition coefficient (Wildman–Crippen LogP) is 0.535. The Labute approximate surface area is 102 Å². The lowest BCUT2D eigenvalue weighted by Crippen LogP contribution is -2.11. The summed E-state index contributed by atoms with van der Waals surface area (Å²) in [5, 5.41) is 4.05. The predicted molar refractivity (Wildman–Crippen MR) is 64.8 cm³/mol. The summed E-state index contributed by atoms with van der Waals surface area (Å²) in [7, 11) is 1.69. The summed E-state index contributed by atoms with van der Waals surface area (Å²) in [6, 6.07) is 1.76. The Kier molecular flexibility index (Phi) is 7.37. The summed E-state index contributed by atoms with van der Waals surface area (Å²) in [5.74, 6) is 0.534. The molecule has 17 heavy (non-hydrogen) atoms. The van der Waals surface area contributed by atoms with Crippen LogP contribution in [0.5, 0.6) is 0 Å². The van der Waals surface area contributed by atoms with E-state index in [2.05, 4.69) is 5.10 Å². The summed E-state index contributed by atoms with van der Waals surface area (Å²) in [4.78, 5) is 0. The van der Waals surface area contributed by atoms with Crippen LogP contribution < -0.4 is 5.73 Å². The quantitative estimate of drug-likeness (QED) is 0.607. The number of anilines is 1. The van der Waals surface area contributed by atoms with Crippen molar-refractivity contribution in [3.05, 3.63) is 12.3 Å². The summed E-state index contributed by atoms with van der Waals surface area (Å²) in [6.45, 7) is 3.99. The maximum atomic E-state index is 5.49. The SMILES string of the molecule is COCCCOCCOCCn1ccc(N)n1. The van der Waals surface area contributed by atoms with E-state index < -0.39 is 0 Å². The standard InChI is InChI=1S/C11H21N3O3/c1-15-6-2-7-16-9-10-17-8-5-14-4-3-11(12)13-14/h3-4H,2,5-10H2,1H3,(H2,12,13). The first kappa shape index (κ1) is 14.0. The Bertz CT molecular complexity index is 291. The van der Waals surface area contributed by atoms with E-state index in [1.54, 1.807) is 17.9 Å². The third kappa shape index (κ3) is 6.93. The molecule has 0 aromatic carbocycles. The van der Waals surface area contributed by atoms with Gasteiger partial charge >= 0.3 is 0 Å². The fraction of sp³-hybridized carbons (Fsp3) is 0.727. The molecular formula is C11H21N3O3. The van der Waals surface area contributed by atoms with Crippen molar-refractivity contribution < 1.29 is 14.2 Å². The van der Waals surface area contributed by atoms with Crippen LogP contribution in [0.2, 0.25) is 0 Å². The minimum absolute atomic E-state index is 0.534. The second-order valence-corrected chi connectivity index (χ2v) is 3.57. The molecule has 1 rings (SSSR count). The second-order valence-electron chi connectivity index (χ2n) is 3.57. The number of nitrogens with zero attached hydrogens (tertiary/aromatic N) is 2. The summed E-state index contributed by atoms with van der Waals surface area (Å²) < 4.78 is 17.4. The molecule has 6 heteroatoms. The summed E-state index contributed by atoms with van der Waals surface area (Å²) >= 11 is 0. The van der Waals surface area contributed by atoms with Gasteiger partial charge in [0, 0.05) is 26.5 Å². The number of hydrogen-bond acceptors (Lipinski definition) is 5. The number of aromatic nitrogens is 2. The van der Waals surface area contributed by atoms with Crippen molar-refractivity contribution in [1.29, 1.82) is 0 Å². The maximum Gasteiger partial charge on any atom is 0.145 e. The van der Waals surface area contributed by atoms with Gasteiger partial charge in [-0.2, -0.15) is 5.10 Å². The van der Waals surface area contributed by atoms with Crippen LogP contribution in [-0.2, 0) is 20.8 Å². The number of hydrogen-bond donors (Lipinski definition) is 1. The lowest BCUT2D eigenvalue weighted by Gasteiger charge is -2.05. The molecule has 0 bridgehead atoms. The number of nitrogen functional groups attached to an aromatic ring is 1. The second kappa shape index (κ2) is 8.98. The van der Waals surface area contributed by atoms with Crippen LogP contribution in [0, 0.1) is 0 Å². The monoisotopic (exact) mass is 243 g/mol. The molecule has 0 saturated carbocycles. The van der Waals surface area contributed by atoms with Gasteiger partial charge in [-0.1, -0.05) is 0 Å². The molecule has 98 valence electrons. The highest BCUT2D eigenvalue weighted by Crippen LogP contribution is 1.95. The van der Waals surface area contributed by atoms with Crippen LogP contribution in [0.15, 0.2) is 12.3 Å². The molecule has 6 nitrogen and oxygen atoms in total. The molecule has 1 aromatic heterocycles. The van der Waals surface area contributed by atoms with Crippen molar-refractivity contribution in [1.82, 2.24) is 9.78 Å². The molecule has 1 heterocycles. The first-order valence-electron chi connectivity index (χ1n) is 5.76. The first-order chi connectivity index (χ1) is 8.33. The Morgan fingerprint density at radius 2 is 1.94 bits per heavy atom. The third-order valence-corrected chi connectivity index (χ3v) is 2.14. The van der Waals surface area contributed by atoms with Gasteiger partial charge in [0.15, 0.2) is 0 Å². The lowest BCUT2D eigenvalue weighted by molar-refractivity contribution is 0.0367. The van der Waals surface area contributed by atoms with Gasteiger partial charge in [0.25, 0.3) is 0 Å². The fourth-order valence-corrected chi connectivity index (χ4v) is 1.29. The molecule has 0 fully saturated rings. The van der Waals surface area contributed by atoms with Crippen molar-refractivity contribution in [3.63, 3.8) is 0 Å². The minimum atomic E-state index is 0.534. The van der Waals surface area contributed by atoms with Gasteiger partial charge < -0.3 is 19.9 Å². The largest absolute Gasteiger partial charge is 0.385 e. The van der Waals surface area contributed by atoms with Crippen LogP contribution in [0.4, 0.5) is 5.82 Å². The van der Waals surface area contributed by atoms with E-state index in [9.17, 15) is 0 Å². The van der Waals surface area contributed by atoms with Crippen LogP contribution in [0.1, 0.15) is 6.42 Å². The van der Waals surface area contributed by atoms with Gasteiger partial charge in [-0.25, -0.2) is 0 Å². The highest BCUT2D eigenvalue weighted by molar-refractivity contribution is 5.23. The maximum absolute atomic E-state index is 5.49. The molecule has 0 aliphatic heterocycles. The van der Waals surface area contributed by atoms with Gasteiger partial charge in [0.2, 0.25) is 0 Å². The topological polar surface area (TPSA) is 71.5 Å². The van der Waals surface area contributed by atoms with E-state index in [1.807, 2.05) is 6.20 Å². The molecular weight excluding hydrogens is 222 g/mol. The Morgan fingerprint density at radius 3 is 2.59 bits per heavy atom. The van der Waals surface area contributed by atoms with E-state index in [4.69, 9.17) is 19.9 Å². The summed E-state index contributed by atoms with van der Waals surface area (Å²) in [6.07, 6.45) is 2.75. The number of ether oxygens (including phenoxy) is 3. The molecule has 2 N–H and O–H groups in total. The van der Waals surface area contributed by atoms with Gasteiger partial charge in [0.05, 0.1) is 26.4 Å². The zero-order chi connectivity index (χ0) is 12.3. The van der Waals surface area contributed by atoms with Crippen molar-refractivity contribution in [3.8, 4) is 0 Å². The van der Waals surface area contributed by atoms with Gasteiger partial charge in [-0.05, 0) is 12.5 Å². The minimum Gasteiger partial charge on any atom is -0.385 e. The van der Waals surface area contributed by atoms with Crippen LogP contribution in [0.3, 0.4) is 0 Å². The average molecular weight is 243 g/mol. The van der Waals surface area contributed by atoms with E-state index in [-0.39, 0.29) is 0 Å². The number of methoxy groups -OCH3 is 1. The van der Waals surface area contributed by atoms with E-state index in [0.29, 0.717) is 38.8 Å². The van der Waals surface area contributed by atoms with E-state index >= 15 is 0 Å². The molecule has 0 saturated heterocycles. The van der Waals surface area contributed by atoms with Crippen LogP contribution in [-0.4, -0.2) is 49.9 Å². The molecule has 0 spiro atoms. The summed E-state index contributed by atoms with van der Waals surface area (Å²) in [5.41, 5.74) is 5.49. The van der Waals surface area contributed by atoms with Gasteiger partial charge in [-0.15, -0.1) is 0 Å². The van der Waals surface area contributed by atoms with E-state index in [1.165, 1.54) is 0 Å². The zero-order valence-electron chi connectivity index (χ0n) is 10.3. The normalized spacial score (nSPS) is 10.9. The molecule has 0 aliphatic rings. The van der Waals surface area contributed by atoms with Crippen molar-refractivity contribution >= 4 is 5.82 Å². The number of rotatable bonds is 10. The smallest absolute Gasteiger partial charge is 0.145 e. The highest BCUT2D eigenvalue weighted by atomic mass is 16.5. The Morgan fingerprint density at radius 1 is 1.18 bits per heavy atom. The fourth-order valence-electron chi connectivity index (χ4n) is 1.29. The van der Waals surface area contributed by atoms with Gasteiger partial charge in [0.1, 0.15) is 5.82 Å². The third-order valence-electron chi connectivity index (χ3n) is 2.14. The van der Waals surface area contributed by atoms with E-state index in [0.717, 1.165) is 13.0 Å². The molecule has 0 radical (unpaired) electrons. The Hall–Kier alpha value is -1.11. The van der Waals surface area contributed by atoms with Gasteiger partial charge in [-0.3, -0.25) is 4.68 Å². The zero-order valence-corrected chi connectivity index (χ0v) is 10.3. The van der Waals surface area contributed by atoms with Crippen molar-refractivity contribution in [2.24, 2.45) is 0 Å². The first-order valence-corrected chi connectivity index (χ1v) is 5.76. The lowest BCUT2D eigenvalue weighted by atomic mass is 10.5. The Balaban J connectivity index is 1.84. The van der Waals surface area contributed by atoms with Crippen molar-refractivity contribution in [2.45, 2.75) is 13.0 Å². The molecule has 0 unspecified atom stereocenters.